The van der Waals surface area contributed by atoms with Crippen molar-refractivity contribution in [1.82, 2.24) is 10.3 Å². The number of carbonyl (C=O) groups is 1. The van der Waals surface area contributed by atoms with Crippen molar-refractivity contribution in [3.8, 4) is 0 Å². The van der Waals surface area contributed by atoms with Gasteiger partial charge in [-0.3, -0.25) is 9.52 Å². The first-order chi connectivity index (χ1) is 10.8. The Morgan fingerprint density at radius 3 is 2.74 bits per heavy atom. The molecule has 1 amide bonds. The van der Waals surface area contributed by atoms with Gasteiger partial charge < -0.3 is 5.32 Å². The molecule has 0 spiro atoms. The Morgan fingerprint density at radius 1 is 1.35 bits per heavy atom. The summed E-state index contributed by atoms with van der Waals surface area (Å²) in [7, 11) is -4.23. The third-order valence-corrected chi connectivity index (χ3v) is 4.98. The molecule has 0 aliphatic heterocycles. The van der Waals surface area contributed by atoms with Crippen LogP contribution in [0, 0.1) is 11.6 Å². The largest absolute Gasteiger partial charge is 0.356 e. The third kappa shape index (κ3) is 4.45. The molecule has 0 fully saturated rings. The molecule has 0 saturated heterocycles. The summed E-state index contributed by atoms with van der Waals surface area (Å²) in [6.07, 6.45) is 0.0109. The monoisotopic (exact) mass is 361 g/mol. The maximum Gasteiger partial charge on any atom is 0.266 e. The summed E-state index contributed by atoms with van der Waals surface area (Å²) in [4.78, 5) is 14.7. The van der Waals surface area contributed by atoms with E-state index in [1.165, 1.54) is 5.38 Å². The van der Waals surface area contributed by atoms with Crippen LogP contribution >= 0.6 is 11.3 Å². The average Bonchev–Trinajstić information content (AvgIpc) is 2.84. The van der Waals surface area contributed by atoms with Gasteiger partial charge in [0.25, 0.3) is 10.0 Å². The molecular formula is C13H13F2N3O3S2. The second-order valence-corrected chi connectivity index (χ2v) is 6.96. The van der Waals surface area contributed by atoms with Crippen LogP contribution in [0.1, 0.15) is 12.6 Å². The summed E-state index contributed by atoms with van der Waals surface area (Å²) in [6, 6.07) is 2.16. The molecule has 1 aromatic carbocycles. The second kappa shape index (κ2) is 7.01. The lowest BCUT2D eigenvalue weighted by Crippen LogP contribution is -2.24. The van der Waals surface area contributed by atoms with Crippen molar-refractivity contribution in [2.75, 3.05) is 11.3 Å². The number of thiazole rings is 1. The number of rotatable bonds is 6. The molecule has 0 aliphatic rings. The van der Waals surface area contributed by atoms with Crippen LogP contribution in [0.4, 0.5) is 13.9 Å². The van der Waals surface area contributed by atoms with Gasteiger partial charge in [-0.2, -0.15) is 0 Å². The first-order valence-corrected chi connectivity index (χ1v) is 8.87. The number of anilines is 1. The molecule has 23 heavy (non-hydrogen) atoms. The van der Waals surface area contributed by atoms with Crippen molar-refractivity contribution in [1.29, 1.82) is 0 Å². The van der Waals surface area contributed by atoms with Crippen LogP contribution in [0.3, 0.4) is 0 Å². The maximum atomic E-state index is 13.6. The fraction of sp³-hybridized carbons (Fsp3) is 0.231. The van der Waals surface area contributed by atoms with Crippen LogP contribution in [0.15, 0.2) is 28.5 Å². The molecule has 2 aromatic rings. The van der Waals surface area contributed by atoms with Crippen LogP contribution < -0.4 is 10.0 Å². The van der Waals surface area contributed by atoms with Crippen molar-refractivity contribution in [3.05, 3.63) is 40.9 Å². The molecule has 0 saturated carbocycles. The Kier molecular flexibility index (Phi) is 5.26. The maximum absolute atomic E-state index is 13.6. The van der Waals surface area contributed by atoms with Gasteiger partial charge in [-0.25, -0.2) is 22.2 Å². The van der Waals surface area contributed by atoms with Crippen molar-refractivity contribution in [2.45, 2.75) is 18.2 Å². The first kappa shape index (κ1) is 17.3. The number of hydrogen-bond donors (Lipinski definition) is 2. The van der Waals surface area contributed by atoms with Crippen molar-refractivity contribution >= 4 is 32.4 Å². The number of carbonyl (C=O) groups excluding carboxylic acids is 1. The van der Waals surface area contributed by atoms with Crippen LogP contribution in [-0.4, -0.2) is 25.9 Å². The first-order valence-electron chi connectivity index (χ1n) is 6.51. The number of likely N-dealkylation sites (N-methyl/N-ethyl adjacent to an activating group) is 1. The van der Waals surface area contributed by atoms with E-state index in [9.17, 15) is 22.0 Å². The topological polar surface area (TPSA) is 88.2 Å². The standard InChI is InChI=1S/C13H13F2N3O3S2/c1-2-16-12(19)6-9-7-22-13(17-9)18-23(20,21)11-4-3-8(14)5-10(11)15/h3-5,7H,2,6H2,1H3,(H,16,19)(H,17,18). The van der Waals surface area contributed by atoms with E-state index in [1.54, 1.807) is 6.92 Å². The van der Waals surface area contributed by atoms with Gasteiger partial charge in [-0.15, -0.1) is 11.3 Å². The number of nitrogens with zero attached hydrogens (tertiary/aromatic N) is 1. The summed E-state index contributed by atoms with van der Waals surface area (Å²) in [5, 5.41) is 4.11. The third-order valence-electron chi connectivity index (χ3n) is 2.67. The Morgan fingerprint density at radius 2 is 2.09 bits per heavy atom. The summed E-state index contributed by atoms with van der Waals surface area (Å²) in [5.74, 6) is -2.31. The van der Waals surface area contributed by atoms with E-state index in [2.05, 4.69) is 15.0 Å². The molecule has 2 N–H and O–H groups in total. The normalized spacial score (nSPS) is 11.3. The molecular weight excluding hydrogens is 348 g/mol. The smallest absolute Gasteiger partial charge is 0.266 e. The second-order valence-electron chi connectivity index (χ2n) is 4.45. The highest BCUT2D eigenvalue weighted by molar-refractivity contribution is 7.93. The zero-order valence-corrected chi connectivity index (χ0v) is 13.6. The SMILES string of the molecule is CCNC(=O)Cc1csc(NS(=O)(=O)c2ccc(F)cc2F)n1. The predicted octanol–water partition coefficient (Wildman–Crippen LogP) is 1.90. The van der Waals surface area contributed by atoms with Crippen LogP contribution in [0.2, 0.25) is 0 Å². The van der Waals surface area contributed by atoms with Crippen LogP contribution in [-0.2, 0) is 21.2 Å². The van der Waals surface area contributed by atoms with Crippen LogP contribution in [0.5, 0.6) is 0 Å². The van der Waals surface area contributed by atoms with Crippen molar-refractivity contribution in [2.24, 2.45) is 0 Å². The van der Waals surface area contributed by atoms with E-state index in [4.69, 9.17) is 0 Å². The minimum Gasteiger partial charge on any atom is -0.356 e. The summed E-state index contributed by atoms with van der Waals surface area (Å²) < 4.78 is 52.7. The minimum atomic E-state index is -4.23. The van der Waals surface area contributed by atoms with Gasteiger partial charge in [0.1, 0.15) is 16.5 Å². The number of hydrogen-bond acceptors (Lipinski definition) is 5. The summed E-state index contributed by atoms with van der Waals surface area (Å²) in [6.45, 7) is 2.25. The number of benzene rings is 1. The summed E-state index contributed by atoms with van der Waals surface area (Å²) in [5.41, 5.74) is 0.387. The molecule has 0 unspecified atom stereocenters. The Bertz CT molecular complexity index is 822. The Balaban J connectivity index is 2.15. The van der Waals surface area contributed by atoms with Gasteiger partial charge in [0.2, 0.25) is 5.91 Å². The number of sulfonamides is 1. The van der Waals surface area contributed by atoms with E-state index >= 15 is 0 Å². The van der Waals surface area contributed by atoms with E-state index in [0.717, 1.165) is 23.5 Å². The average molecular weight is 361 g/mol. The molecule has 1 heterocycles. The van der Waals surface area contributed by atoms with Crippen molar-refractivity contribution in [3.63, 3.8) is 0 Å². The van der Waals surface area contributed by atoms with E-state index in [-0.39, 0.29) is 17.5 Å². The summed E-state index contributed by atoms with van der Waals surface area (Å²) >= 11 is 0.962. The predicted molar refractivity (Wildman–Crippen MR) is 81.7 cm³/mol. The minimum absolute atomic E-state index is 0.00646. The molecule has 0 bridgehead atoms. The molecule has 124 valence electrons. The molecule has 2 rings (SSSR count). The number of halogens is 2. The fourth-order valence-electron chi connectivity index (χ4n) is 1.72. The van der Waals surface area contributed by atoms with Crippen LogP contribution in [0.25, 0.3) is 0 Å². The van der Waals surface area contributed by atoms with Gasteiger partial charge in [-0.05, 0) is 19.1 Å². The highest BCUT2D eigenvalue weighted by Crippen LogP contribution is 2.22. The lowest BCUT2D eigenvalue weighted by atomic mass is 10.3. The van der Waals surface area contributed by atoms with Gasteiger partial charge in [0.15, 0.2) is 5.13 Å². The lowest BCUT2D eigenvalue weighted by Gasteiger charge is -2.06. The van der Waals surface area contributed by atoms with Gasteiger partial charge in [0.05, 0.1) is 12.1 Å². The zero-order valence-electron chi connectivity index (χ0n) is 12.0. The van der Waals surface area contributed by atoms with E-state index < -0.39 is 26.6 Å². The molecule has 0 aliphatic carbocycles. The molecule has 10 heteroatoms. The highest BCUT2D eigenvalue weighted by Gasteiger charge is 2.21. The zero-order chi connectivity index (χ0) is 17.0. The van der Waals surface area contributed by atoms with Gasteiger partial charge >= 0.3 is 0 Å². The van der Waals surface area contributed by atoms with Gasteiger partial charge in [0, 0.05) is 18.0 Å². The lowest BCUT2D eigenvalue weighted by molar-refractivity contribution is -0.120. The fourth-order valence-corrected chi connectivity index (χ4v) is 3.75. The van der Waals surface area contributed by atoms with Gasteiger partial charge in [-0.1, -0.05) is 0 Å². The van der Waals surface area contributed by atoms with E-state index in [0.29, 0.717) is 18.3 Å². The quantitative estimate of drug-likeness (QED) is 0.823. The molecule has 0 atom stereocenters. The number of amides is 1. The molecule has 0 radical (unpaired) electrons. The highest BCUT2D eigenvalue weighted by atomic mass is 32.2. The van der Waals surface area contributed by atoms with E-state index in [1.807, 2.05) is 0 Å². The van der Waals surface area contributed by atoms with Crippen molar-refractivity contribution < 1.29 is 22.0 Å². The number of aromatic nitrogens is 1. The molecule has 1 aromatic heterocycles. The number of nitrogens with one attached hydrogen (secondary N) is 2. The Labute approximate surface area is 135 Å². The Hall–Kier alpha value is -2.07. The molecule has 6 nitrogen and oxygen atoms in total.